The summed E-state index contributed by atoms with van der Waals surface area (Å²) in [7, 11) is 0. The van der Waals surface area contributed by atoms with Crippen LogP contribution in [0.25, 0.3) is 0 Å². The molecule has 2 heterocycles. The number of aliphatic hydroxyl groups excluding tert-OH is 1. The normalized spacial score (nSPS) is 44.4. The Morgan fingerprint density at radius 2 is 1.91 bits per heavy atom. The zero-order valence-electron chi connectivity index (χ0n) is 21.1. The lowest BCUT2D eigenvalue weighted by Gasteiger charge is -2.58. The van der Waals surface area contributed by atoms with Crippen molar-refractivity contribution in [2.24, 2.45) is 23.2 Å². The van der Waals surface area contributed by atoms with E-state index in [1.165, 1.54) is 11.6 Å². The number of aliphatic hydroxyl groups is 1. The highest BCUT2D eigenvalue weighted by Crippen LogP contribution is 2.75. The van der Waals surface area contributed by atoms with Crippen molar-refractivity contribution in [2.45, 2.75) is 82.7 Å². The molecular formula is C29H38O6. The minimum atomic E-state index is -0.687. The Morgan fingerprint density at radius 1 is 1.11 bits per heavy atom. The van der Waals surface area contributed by atoms with Gasteiger partial charge in [-0.15, -0.1) is 0 Å². The molecule has 3 fully saturated rings. The molecule has 190 valence electrons. The van der Waals surface area contributed by atoms with Gasteiger partial charge in [0, 0.05) is 23.8 Å². The van der Waals surface area contributed by atoms with Crippen LogP contribution in [0.1, 0.15) is 59.3 Å². The highest BCUT2D eigenvalue weighted by Gasteiger charge is 2.81. The Balaban J connectivity index is 1.52. The van der Waals surface area contributed by atoms with Crippen LogP contribution in [0.2, 0.25) is 0 Å². The molecule has 5 rings (SSSR count). The van der Waals surface area contributed by atoms with Gasteiger partial charge in [0.25, 0.3) is 0 Å². The van der Waals surface area contributed by atoms with E-state index in [4.69, 9.17) is 14.2 Å². The van der Waals surface area contributed by atoms with Crippen LogP contribution < -0.4 is 0 Å². The van der Waals surface area contributed by atoms with Crippen LogP contribution in [0.3, 0.4) is 0 Å². The average Bonchev–Trinajstić information content (AvgIpc) is 3.58. The fourth-order valence-corrected chi connectivity index (χ4v) is 7.67. The average molecular weight is 483 g/mol. The van der Waals surface area contributed by atoms with Gasteiger partial charge >= 0.3 is 5.97 Å². The van der Waals surface area contributed by atoms with Crippen LogP contribution in [0.5, 0.6) is 0 Å². The van der Waals surface area contributed by atoms with Crippen LogP contribution in [0.15, 0.2) is 48.1 Å². The number of ether oxygens (including phenoxy) is 3. The van der Waals surface area contributed by atoms with Crippen LogP contribution in [0.4, 0.5) is 0 Å². The van der Waals surface area contributed by atoms with Crippen molar-refractivity contribution < 1.29 is 28.9 Å². The van der Waals surface area contributed by atoms with Crippen molar-refractivity contribution in [2.75, 3.05) is 13.2 Å². The van der Waals surface area contributed by atoms with Gasteiger partial charge in [-0.2, -0.15) is 0 Å². The van der Waals surface area contributed by atoms with Crippen LogP contribution >= 0.6 is 0 Å². The molecule has 35 heavy (non-hydrogen) atoms. The van der Waals surface area contributed by atoms with E-state index in [-0.39, 0.29) is 29.2 Å². The molecule has 6 heteroatoms. The molecule has 6 nitrogen and oxygen atoms in total. The second-order valence-corrected chi connectivity index (χ2v) is 11.4. The van der Waals surface area contributed by atoms with E-state index in [2.05, 4.69) is 19.9 Å². The number of carbonyl (C=O) groups excluding carboxylic acids is 2. The molecule has 3 aliphatic carbocycles. The number of hydrogen-bond donors (Lipinski definition) is 1. The zero-order valence-corrected chi connectivity index (χ0v) is 21.1. The summed E-state index contributed by atoms with van der Waals surface area (Å²) in [6.07, 6.45) is 15.8. The molecule has 5 aliphatic rings. The van der Waals surface area contributed by atoms with Gasteiger partial charge in [0.15, 0.2) is 5.78 Å². The summed E-state index contributed by atoms with van der Waals surface area (Å²) < 4.78 is 18.5. The third-order valence-corrected chi connectivity index (χ3v) is 9.52. The second-order valence-electron chi connectivity index (χ2n) is 11.4. The fraction of sp³-hybridized carbons (Fsp3) is 0.655. The summed E-state index contributed by atoms with van der Waals surface area (Å²) >= 11 is 0. The van der Waals surface area contributed by atoms with E-state index in [1.54, 1.807) is 37.3 Å². The maximum atomic E-state index is 13.2. The summed E-state index contributed by atoms with van der Waals surface area (Å²) in [6, 6.07) is 0. The van der Waals surface area contributed by atoms with Crippen molar-refractivity contribution >= 4 is 11.8 Å². The van der Waals surface area contributed by atoms with Gasteiger partial charge in [-0.25, -0.2) is 4.79 Å². The lowest BCUT2D eigenvalue weighted by atomic mass is 9.49. The molecule has 0 radical (unpaired) electrons. The molecule has 0 amide bonds. The Bertz CT molecular complexity index is 985. The quantitative estimate of drug-likeness (QED) is 0.342. The van der Waals surface area contributed by atoms with Crippen molar-refractivity contribution in [3.63, 3.8) is 0 Å². The summed E-state index contributed by atoms with van der Waals surface area (Å²) in [5.74, 6) is 0.302. The first kappa shape index (κ1) is 24.7. The maximum absolute atomic E-state index is 13.2. The fourth-order valence-electron chi connectivity index (χ4n) is 7.67. The number of carbonyl (C=O) groups is 2. The van der Waals surface area contributed by atoms with Crippen molar-refractivity contribution in [1.82, 2.24) is 0 Å². The molecule has 2 saturated carbocycles. The molecule has 1 N–H and O–H groups in total. The van der Waals surface area contributed by atoms with Gasteiger partial charge in [-0.1, -0.05) is 42.9 Å². The third kappa shape index (κ3) is 3.98. The second kappa shape index (κ2) is 9.13. The summed E-state index contributed by atoms with van der Waals surface area (Å²) in [5.41, 5.74) is -0.0725. The standard InChI is InChI=1S/C29H38O6/c1-19-11-12-28-22(14-19)16-23-15-21(27(28,3)29(23)18-34-29)17-24(31)8-4-5-9-25(20(2)30)33-13-7-6-10-26(32)35-28/h4-6,8-10,14,20-23,25,30H,7,11-13,15-18H2,1-3H3. The van der Waals surface area contributed by atoms with Crippen LogP contribution in [-0.4, -0.2) is 53.5 Å². The smallest absolute Gasteiger partial charge is 0.331 e. The highest BCUT2D eigenvalue weighted by molar-refractivity contribution is 5.90. The van der Waals surface area contributed by atoms with E-state index >= 15 is 0 Å². The van der Waals surface area contributed by atoms with Crippen LogP contribution in [-0.2, 0) is 23.8 Å². The van der Waals surface area contributed by atoms with Gasteiger partial charge in [0.2, 0.25) is 0 Å². The molecule has 2 spiro atoms. The minimum Gasteiger partial charge on any atom is -0.455 e. The Morgan fingerprint density at radius 3 is 2.66 bits per heavy atom. The molecular weight excluding hydrogens is 444 g/mol. The first-order valence-electron chi connectivity index (χ1n) is 13.1. The van der Waals surface area contributed by atoms with Crippen molar-refractivity contribution in [1.29, 1.82) is 0 Å². The van der Waals surface area contributed by atoms with Gasteiger partial charge in [-0.05, 0) is 63.9 Å². The lowest BCUT2D eigenvalue weighted by molar-refractivity contribution is -0.213. The maximum Gasteiger partial charge on any atom is 0.331 e. The van der Waals surface area contributed by atoms with E-state index in [1.807, 2.05) is 0 Å². The first-order valence-corrected chi connectivity index (χ1v) is 13.1. The number of esters is 1. The molecule has 0 aromatic carbocycles. The predicted molar refractivity (Wildman–Crippen MR) is 131 cm³/mol. The SMILES string of the molecule is CC1=CC2CC3CC4CC(=O)C=CC=CC(C(C)O)OCCC=CC(=O)OC2(CC1)C4(C)C31CO1. The molecule has 8 atom stereocenters. The monoisotopic (exact) mass is 482 g/mol. The number of epoxide rings is 1. The lowest BCUT2D eigenvalue weighted by Crippen LogP contribution is -2.66. The van der Waals surface area contributed by atoms with Crippen molar-refractivity contribution in [3.8, 4) is 0 Å². The number of hydrogen-bond acceptors (Lipinski definition) is 6. The number of allylic oxidation sites excluding steroid dienone is 4. The summed E-state index contributed by atoms with van der Waals surface area (Å²) in [5, 5.41) is 9.99. The summed E-state index contributed by atoms with van der Waals surface area (Å²) in [6.45, 7) is 7.10. The molecule has 2 aliphatic heterocycles. The minimum absolute atomic E-state index is 0.0588. The van der Waals surface area contributed by atoms with Gasteiger partial charge in [-0.3, -0.25) is 4.79 Å². The Kier molecular flexibility index (Phi) is 6.43. The molecule has 0 aromatic rings. The van der Waals surface area contributed by atoms with Gasteiger partial charge < -0.3 is 19.3 Å². The van der Waals surface area contributed by atoms with Gasteiger partial charge in [0.1, 0.15) is 17.3 Å². The Hall–Kier alpha value is -2.02. The molecule has 8 unspecified atom stereocenters. The van der Waals surface area contributed by atoms with Crippen LogP contribution in [0, 0.1) is 23.2 Å². The van der Waals surface area contributed by atoms with Crippen molar-refractivity contribution in [3.05, 3.63) is 48.1 Å². The molecule has 2 bridgehead atoms. The Labute approximate surface area is 208 Å². The van der Waals surface area contributed by atoms with E-state index in [9.17, 15) is 14.7 Å². The van der Waals surface area contributed by atoms with Gasteiger partial charge in [0.05, 0.1) is 19.3 Å². The molecule has 1 saturated heterocycles. The topological polar surface area (TPSA) is 85.4 Å². The van der Waals surface area contributed by atoms with E-state index in [0.717, 1.165) is 25.7 Å². The summed E-state index contributed by atoms with van der Waals surface area (Å²) in [4.78, 5) is 26.3. The molecule has 0 aromatic heterocycles. The predicted octanol–water partition coefficient (Wildman–Crippen LogP) is 4.24. The largest absolute Gasteiger partial charge is 0.455 e. The third-order valence-electron chi connectivity index (χ3n) is 9.52. The van der Waals surface area contributed by atoms with E-state index in [0.29, 0.717) is 32.0 Å². The van der Waals surface area contributed by atoms with E-state index < -0.39 is 23.2 Å². The zero-order chi connectivity index (χ0) is 24.8. The number of rotatable bonds is 1. The first-order chi connectivity index (χ1) is 16.7. The number of ketones is 1. The highest BCUT2D eigenvalue weighted by atomic mass is 16.6.